The van der Waals surface area contributed by atoms with Gasteiger partial charge in [0.15, 0.2) is 6.29 Å². The van der Waals surface area contributed by atoms with Gasteiger partial charge in [-0.1, -0.05) is 20.8 Å². The first-order valence-electron chi connectivity index (χ1n) is 4.63. The van der Waals surface area contributed by atoms with E-state index in [0.29, 0.717) is 4.91 Å². The molecule has 0 saturated heterocycles. The molecule has 0 aliphatic carbocycles. The van der Waals surface area contributed by atoms with Gasteiger partial charge in [0.1, 0.15) is 0 Å². The Morgan fingerprint density at radius 2 is 1.93 bits per heavy atom. The molecule has 0 heterocycles. The van der Waals surface area contributed by atoms with E-state index in [1.54, 1.807) is 12.2 Å². The molecule has 0 aromatic rings. The Morgan fingerprint density at radius 3 is 2.33 bits per heavy atom. The Hall–Kier alpha value is -1.03. The zero-order valence-electron chi connectivity index (χ0n) is 9.53. The molecule has 0 unspecified atom stereocenters. The second-order valence-electron chi connectivity index (χ2n) is 3.96. The summed E-state index contributed by atoms with van der Waals surface area (Å²) in [5.41, 5.74) is 0. The van der Waals surface area contributed by atoms with Gasteiger partial charge < -0.3 is 5.32 Å². The minimum absolute atomic E-state index is 0.00852. The predicted octanol–water partition coefficient (Wildman–Crippen LogP) is 2.25. The lowest BCUT2D eigenvalue weighted by atomic mass is 10.3. The van der Waals surface area contributed by atoms with E-state index in [2.05, 4.69) is 5.32 Å². The summed E-state index contributed by atoms with van der Waals surface area (Å²) >= 11 is 1.49. The molecule has 0 aliphatic rings. The van der Waals surface area contributed by atoms with Crippen LogP contribution in [0.15, 0.2) is 23.3 Å². The molecule has 0 aromatic carbocycles. The number of amides is 1. The van der Waals surface area contributed by atoms with E-state index < -0.39 is 0 Å². The van der Waals surface area contributed by atoms with Crippen LogP contribution in [-0.4, -0.2) is 16.9 Å². The van der Waals surface area contributed by atoms with E-state index in [9.17, 15) is 9.59 Å². The van der Waals surface area contributed by atoms with Crippen LogP contribution in [0.2, 0.25) is 0 Å². The largest absolute Gasteiger partial charge is 0.333 e. The van der Waals surface area contributed by atoms with Crippen molar-refractivity contribution in [1.29, 1.82) is 0 Å². The molecule has 0 fully saturated rings. The first-order chi connectivity index (χ1) is 6.85. The average molecular weight is 227 g/mol. The SMILES string of the molecule is CC(=O)N/C=C/C=C(\C=O)SC(C)(C)C. The van der Waals surface area contributed by atoms with E-state index in [0.717, 1.165) is 6.29 Å². The second-order valence-corrected chi connectivity index (χ2v) is 5.86. The van der Waals surface area contributed by atoms with Crippen molar-refractivity contribution in [2.45, 2.75) is 32.4 Å². The quantitative estimate of drug-likeness (QED) is 0.455. The number of allylic oxidation sites excluding steroid dienone is 3. The molecule has 3 nitrogen and oxygen atoms in total. The maximum absolute atomic E-state index is 10.7. The van der Waals surface area contributed by atoms with E-state index in [1.165, 1.54) is 24.9 Å². The fourth-order valence-electron chi connectivity index (χ4n) is 0.759. The van der Waals surface area contributed by atoms with Crippen molar-refractivity contribution in [1.82, 2.24) is 5.32 Å². The van der Waals surface area contributed by atoms with Gasteiger partial charge in [0.05, 0.1) is 0 Å². The molecule has 0 atom stereocenters. The molecule has 0 aliphatic heterocycles. The molecule has 0 saturated carbocycles. The molecule has 0 bridgehead atoms. The van der Waals surface area contributed by atoms with Crippen LogP contribution in [-0.2, 0) is 9.59 Å². The molecule has 1 N–H and O–H groups in total. The molecule has 1 amide bonds. The Morgan fingerprint density at radius 1 is 1.33 bits per heavy atom. The summed E-state index contributed by atoms with van der Waals surface area (Å²) in [5.74, 6) is -0.129. The number of hydrogen-bond acceptors (Lipinski definition) is 3. The van der Waals surface area contributed by atoms with E-state index >= 15 is 0 Å². The lowest BCUT2D eigenvalue weighted by Gasteiger charge is -2.16. The van der Waals surface area contributed by atoms with Crippen molar-refractivity contribution in [3.8, 4) is 0 Å². The summed E-state index contributed by atoms with van der Waals surface area (Å²) in [6, 6.07) is 0. The van der Waals surface area contributed by atoms with E-state index in [4.69, 9.17) is 0 Å². The smallest absolute Gasteiger partial charge is 0.220 e. The molecular formula is C11H17NO2S. The van der Waals surface area contributed by atoms with Gasteiger partial charge in [-0.05, 0) is 12.2 Å². The monoisotopic (exact) mass is 227 g/mol. The fraction of sp³-hybridized carbons (Fsp3) is 0.455. The van der Waals surface area contributed by atoms with Crippen LogP contribution in [0, 0.1) is 0 Å². The van der Waals surface area contributed by atoms with Crippen LogP contribution in [0.5, 0.6) is 0 Å². The lowest BCUT2D eigenvalue weighted by molar-refractivity contribution is -0.118. The zero-order chi connectivity index (χ0) is 11.9. The number of thioether (sulfide) groups is 1. The highest BCUT2D eigenvalue weighted by Crippen LogP contribution is 2.29. The van der Waals surface area contributed by atoms with E-state index in [1.807, 2.05) is 20.8 Å². The zero-order valence-corrected chi connectivity index (χ0v) is 10.4. The van der Waals surface area contributed by atoms with Crippen molar-refractivity contribution >= 4 is 24.0 Å². The standard InChI is InChI=1S/C11H17NO2S/c1-9(14)12-7-5-6-10(8-13)15-11(2,3)4/h5-8H,1-4H3,(H,12,14)/b7-5+,10-6+. The first kappa shape index (κ1) is 14.0. The van der Waals surface area contributed by atoms with Gasteiger partial charge in [-0.25, -0.2) is 0 Å². The van der Waals surface area contributed by atoms with Gasteiger partial charge in [-0.2, -0.15) is 0 Å². The maximum Gasteiger partial charge on any atom is 0.220 e. The van der Waals surface area contributed by atoms with E-state index in [-0.39, 0.29) is 10.7 Å². The summed E-state index contributed by atoms with van der Waals surface area (Å²) < 4.78 is 0.00852. The minimum atomic E-state index is -0.129. The van der Waals surface area contributed by atoms with Crippen LogP contribution in [0.4, 0.5) is 0 Å². The number of carbonyl (C=O) groups excluding carboxylic acids is 2. The van der Waals surface area contributed by atoms with Gasteiger partial charge in [-0.3, -0.25) is 9.59 Å². The molecule has 0 spiro atoms. The number of nitrogens with one attached hydrogen (secondary N) is 1. The molecule has 0 rings (SSSR count). The molecule has 15 heavy (non-hydrogen) atoms. The van der Waals surface area contributed by atoms with Crippen molar-refractivity contribution in [2.24, 2.45) is 0 Å². The van der Waals surface area contributed by atoms with Crippen molar-refractivity contribution in [2.75, 3.05) is 0 Å². The second kappa shape index (κ2) is 6.45. The Kier molecular flexibility index (Phi) is 6.01. The third-order valence-electron chi connectivity index (χ3n) is 1.18. The van der Waals surface area contributed by atoms with Crippen LogP contribution in [0.1, 0.15) is 27.7 Å². The average Bonchev–Trinajstić information content (AvgIpc) is 2.08. The molecule has 4 heteroatoms. The molecule has 0 radical (unpaired) electrons. The highest BCUT2D eigenvalue weighted by atomic mass is 32.2. The van der Waals surface area contributed by atoms with Crippen LogP contribution < -0.4 is 5.32 Å². The van der Waals surface area contributed by atoms with Crippen LogP contribution in [0.25, 0.3) is 0 Å². The van der Waals surface area contributed by atoms with Gasteiger partial charge in [0.25, 0.3) is 0 Å². The maximum atomic E-state index is 10.7. The Balaban J connectivity index is 4.29. The summed E-state index contributed by atoms with van der Waals surface area (Å²) in [6.45, 7) is 7.53. The van der Waals surface area contributed by atoms with Crippen molar-refractivity contribution in [3.63, 3.8) is 0 Å². The lowest BCUT2D eigenvalue weighted by Crippen LogP contribution is -2.11. The number of carbonyl (C=O) groups is 2. The number of hydrogen-bond donors (Lipinski definition) is 1. The summed E-state index contributed by atoms with van der Waals surface area (Å²) in [5, 5.41) is 2.50. The van der Waals surface area contributed by atoms with Gasteiger partial charge in [0.2, 0.25) is 5.91 Å². The number of rotatable bonds is 4. The fourth-order valence-corrected chi connectivity index (χ4v) is 1.66. The van der Waals surface area contributed by atoms with Crippen LogP contribution in [0.3, 0.4) is 0 Å². The van der Waals surface area contributed by atoms with Crippen molar-refractivity contribution in [3.05, 3.63) is 23.3 Å². The summed E-state index contributed by atoms with van der Waals surface area (Å²) in [6.07, 6.45) is 5.64. The molecule has 0 aromatic heterocycles. The summed E-state index contributed by atoms with van der Waals surface area (Å²) in [4.78, 5) is 21.9. The van der Waals surface area contributed by atoms with Gasteiger partial charge in [-0.15, -0.1) is 11.8 Å². The normalized spacial score (nSPS) is 12.9. The highest BCUT2D eigenvalue weighted by molar-refractivity contribution is 8.05. The van der Waals surface area contributed by atoms with Crippen LogP contribution >= 0.6 is 11.8 Å². The number of aldehydes is 1. The Bertz CT molecular complexity index is 287. The van der Waals surface area contributed by atoms with Crippen molar-refractivity contribution < 1.29 is 9.59 Å². The highest BCUT2D eigenvalue weighted by Gasteiger charge is 2.12. The third kappa shape index (κ3) is 9.28. The minimum Gasteiger partial charge on any atom is -0.333 e. The van der Waals surface area contributed by atoms with Gasteiger partial charge in [0, 0.05) is 22.8 Å². The topological polar surface area (TPSA) is 46.2 Å². The predicted molar refractivity (Wildman–Crippen MR) is 64.4 cm³/mol. The molecular weight excluding hydrogens is 210 g/mol. The molecule has 84 valence electrons. The summed E-state index contributed by atoms with van der Waals surface area (Å²) in [7, 11) is 0. The van der Waals surface area contributed by atoms with Gasteiger partial charge >= 0.3 is 0 Å². The Labute approximate surface area is 95.0 Å². The third-order valence-corrected chi connectivity index (χ3v) is 2.26. The first-order valence-corrected chi connectivity index (χ1v) is 5.45.